The molecule has 0 spiro atoms. The smallest absolute Gasteiger partial charge is 0.337 e. The average Bonchev–Trinajstić information content (AvgIpc) is 3.79. The summed E-state index contributed by atoms with van der Waals surface area (Å²) < 4.78 is 9.52. The normalized spacial score (nSPS) is 19.4. The van der Waals surface area contributed by atoms with Crippen molar-refractivity contribution < 1.29 is 24.2 Å². The molecule has 0 bridgehead atoms. The van der Waals surface area contributed by atoms with Crippen molar-refractivity contribution in [2.24, 2.45) is 0 Å². The zero-order valence-electron chi connectivity index (χ0n) is 33.7. The van der Waals surface area contributed by atoms with Crippen LogP contribution in [0.5, 0.6) is 0 Å². The lowest BCUT2D eigenvalue weighted by Gasteiger charge is -2.27. The molecule has 2 fully saturated rings. The summed E-state index contributed by atoms with van der Waals surface area (Å²) in [5.74, 6) is -0.622. The quantitative estimate of drug-likeness (QED) is 0.0867. The fourth-order valence-corrected chi connectivity index (χ4v) is 12.4. The van der Waals surface area contributed by atoms with Gasteiger partial charge in [0.25, 0.3) is 0 Å². The Labute approximate surface area is 354 Å². The minimum atomic E-state index is -1.94. The summed E-state index contributed by atoms with van der Waals surface area (Å²) in [6.45, 7) is 2.23. The van der Waals surface area contributed by atoms with Gasteiger partial charge in [-0.25, -0.2) is 9.59 Å². The third kappa shape index (κ3) is 11.4. The van der Waals surface area contributed by atoms with Crippen LogP contribution in [-0.2, 0) is 15.6 Å². The molecule has 58 heavy (non-hydrogen) atoms. The Kier molecular flexibility index (Phi) is 17.1. The van der Waals surface area contributed by atoms with Crippen LogP contribution in [0.4, 0.5) is 0 Å². The molecule has 0 aromatic heterocycles. The maximum atomic E-state index is 11.9. The topological polar surface area (TPSA) is 79.3 Å². The van der Waals surface area contributed by atoms with Crippen LogP contribution in [0.25, 0.3) is 6.08 Å². The molecular formula is C48H54Cl2N2O5P+. The van der Waals surface area contributed by atoms with E-state index in [2.05, 4.69) is 131 Å². The summed E-state index contributed by atoms with van der Waals surface area (Å²) in [4.78, 5) is 27.5. The highest BCUT2D eigenvalue weighted by atomic mass is 35.5. The van der Waals surface area contributed by atoms with Gasteiger partial charge in [0.05, 0.1) is 48.9 Å². The van der Waals surface area contributed by atoms with Crippen LogP contribution < -0.4 is 15.9 Å². The Morgan fingerprint density at radius 3 is 1.45 bits per heavy atom. The number of likely N-dealkylation sites (N-methyl/N-ethyl adjacent to an activating group) is 2. The van der Waals surface area contributed by atoms with Crippen LogP contribution in [0.2, 0.25) is 0 Å². The molecule has 5 aromatic rings. The van der Waals surface area contributed by atoms with Gasteiger partial charge in [0.15, 0.2) is 0 Å². The average molecular weight is 841 g/mol. The maximum Gasteiger partial charge on any atom is 0.337 e. The Morgan fingerprint density at radius 1 is 0.655 bits per heavy atom. The Balaban J connectivity index is 0.000000194. The highest BCUT2D eigenvalue weighted by molar-refractivity contribution is 7.95. The van der Waals surface area contributed by atoms with Gasteiger partial charge >= 0.3 is 11.9 Å². The number of alkyl halides is 2. The van der Waals surface area contributed by atoms with Gasteiger partial charge in [0.1, 0.15) is 23.2 Å². The minimum Gasteiger partial charge on any atom is -0.465 e. The lowest BCUT2D eigenvalue weighted by molar-refractivity contribution is 0.0592. The van der Waals surface area contributed by atoms with E-state index in [0.29, 0.717) is 11.1 Å². The first-order valence-electron chi connectivity index (χ1n) is 19.5. The predicted octanol–water partition coefficient (Wildman–Crippen LogP) is 8.06. The van der Waals surface area contributed by atoms with Crippen LogP contribution in [-0.4, -0.2) is 97.7 Å². The van der Waals surface area contributed by atoms with Crippen LogP contribution in [0.15, 0.2) is 146 Å². The van der Waals surface area contributed by atoms with E-state index in [9.17, 15) is 9.59 Å². The molecule has 2 aliphatic heterocycles. The number of hydrogen-bond donors (Lipinski definition) is 1. The van der Waals surface area contributed by atoms with E-state index in [1.165, 1.54) is 35.7 Å². The number of aliphatic hydroxyl groups excluding tert-OH is 1. The number of benzene rings is 5. The van der Waals surface area contributed by atoms with E-state index >= 15 is 0 Å². The molecule has 0 saturated carbocycles. The molecule has 0 radical (unpaired) electrons. The second kappa shape index (κ2) is 22.2. The van der Waals surface area contributed by atoms with Gasteiger partial charge in [-0.3, -0.25) is 9.80 Å². The van der Waals surface area contributed by atoms with Crippen molar-refractivity contribution in [2.75, 3.05) is 48.0 Å². The second-order valence-corrected chi connectivity index (χ2v) is 19.1. The molecule has 7 rings (SSSR count). The monoisotopic (exact) mass is 839 g/mol. The zero-order valence-corrected chi connectivity index (χ0v) is 36.1. The van der Waals surface area contributed by atoms with Gasteiger partial charge in [0.2, 0.25) is 0 Å². The number of ether oxygens (including phenoxy) is 2. The standard InChI is InChI=1S/C27H24O2P.C15H18ClNO2.C6H12ClNO/c1-29-27(28)23-19-17-22(18-20-23)21-30(24-11-5-2-6-12-24,25-13-7-3-8-14-25)26-15-9-4-10-16-26;1-17-10-9-13(16)14(17)8-5-11-3-6-12(7-4-11)15(18)19-2;1-8-3-2-5(7)6(8)4-9/h2-20H,21H2,1H3;3-8,13-14H,9-10H2,1-2H3;5-6,9H,2-4H2,1H3/q+1;;/b;8-5+;/t;13-,14-;5-,6-/m.00/s1. The Morgan fingerprint density at radius 2 is 1.09 bits per heavy atom. The number of carbonyl (C=O) groups excluding carboxylic acids is 2. The Hall–Kier alpha value is -4.33. The molecule has 5 aromatic carbocycles. The first-order valence-corrected chi connectivity index (χ1v) is 22.3. The first kappa shape index (κ1) is 44.8. The second-order valence-electron chi connectivity index (χ2n) is 14.4. The van der Waals surface area contributed by atoms with Crippen LogP contribution in [0.1, 0.15) is 44.7 Å². The Bertz CT molecular complexity index is 1920. The predicted molar refractivity (Wildman–Crippen MR) is 242 cm³/mol. The largest absolute Gasteiger partial charge is 0.465 e. The molecule has 0 aliphatic carbocycles. The number of methoxy groups -OCH3 is 2. The van der Waals surface area contributed by atoms with Crippen molar-refractivity contribution >= 4 is 64.4 Å². The molecule has 10 heteroatoms. The third-order valence-corrected chi connectivity index (χ3v) is 16.1. The van der Waals surface area contributed by atoms with Crippen molar-refractivity contribution in [3.63, 3.8) is 0 Å². The number of esters is 2. The van der Waals surface area contributed by atoms with Gasteiger partial charge in [-0.1, -0.05) is 91.0 Å². The number of aliphatic hydroxyl groups is 1. The molecule has 2 heterocycles. The fraction of sp³-hybridized carbons (Fsp3) is 0.292. The molecule has 304 valence electrons. The van der Waals surface area contributed by atoms with Crippen molar-refractivity contribution in [3.05, 3.63) is 168 Å². The number of likely N-dealkylation sites (tertiary alicyclic amines) is 2. The summed E-state index contributed by atoms with van der Waals surface area (Å²) in [6, 6.07) is 48.0. The van der Waals surface area contributed by atoms with Gasteiger partial charge in [-0.2, -0.15) is 0 Å². The molecule has 1 N–H and O–H groups in total. The van der Waals surface area contributed by atoms with Crippen LogP contribution >= 0.6 is 30.5 Å². The van der Waals surface area contributed by atoms with Crippen molar-refractivity contribution in [1.29, 1.82) is 0 Å². The molecule has 2 saturated heterocycles. The summed E-state index contributed by atoms with van der Waals surface area (Å²) in [5, 5.41) is 13.2. The minimum absolute atomic E-state index is 0.153. The third-order valence-electron chi connectivity index (χ3n) is 10.8. The molecule has 0 unspecified atom stereocenters. The van der Waals surface area contributed by atoms with Gasteiger partial charge in [0, 0.05) is 12.1 Å². The summed E-state index contributed by atoms with van der Waals surface area (Å²) >= 11 is 12.1. The van der Waals surface area contributed by atoms with Crippen LogP contribution in [0, 0.1) is 0 Å². The summed E-state index contributed by atoms with van der Waals surface area (Å²) in [5.41, 5.74) is 3.39. The molecular weight excluding hydrogens is 786 g/mol. The maximum absolute atomic E-state index is 11.9. The zero-order chi connectivity index (χ0) is 41.5. The molecule has 4 atom stereocenters. The van der Waals surface area contributed by atoms with Crippen LogP contribution in [0.3, 0.4) is 0 Å². The fourth-order valence-electron chi connectivity index (χ4n) is 7.37. The SMILES string of the molecule is CN1CC[C@H](Cl)[C@@H]1CO.COC(=O)c1ccc(/C=C/[C@H]2[C@@H](Cl)CCN2C)cc1.COC(=O)c1ccc(C[P+](c2ccccc2)(c2ccccc2)c2ccccc2)cc1. The van der Waals surface area contributed by atoms with Crippen molar-refractivity contribution in [1.82, 2.24) is 9.80 Å². The number of halogens is 2. The van der Waals surface area contributed by atoms with Crippen molar-refractivity contribution in [2.45, 2.75) is 41.8 Å². The van der Waals surface area contributed by atoms with Gasteiger partial charge in [-0.05, 0) is 112 Å². The number of hydrogen-bond acceptors (Lipinski definition) is 7. The highest BCUT2D eigenvalue weighted by Crippen LogP contribution is 2.58. The molecule has 7 nitrogen and oxygen atoms in total. The molecule has 0 amide bonds. The number of nitrogens with zero attached hydrogens (tertiary/aromatic N) is 2. The van der Waals surface area contributed by atoms with E-state index < -0.39 is 7.26 Å². The summed E-state index contributed by atoms with van der Waals surface area (Å²) in [6.07, 6.45) is 7.07. The van der Waals surface area contributed by atoms with E-state index in [-0.39, 0.29) is 41.4 Å². The van der Waals surface area contributed by atoms with Gasteiger partial charge in [-0.15, -0.1) is 23.2 Å². The lowest BCUT2D eigenvalue weighted by Crippen LogP contribution is -2.33. The number of carbonyl (C=O) groups is 2. The highest BCUT2D eigenvalue weighted by Gasteiger charge is 2.45. The van der Waals surface area contributed by atoms with Gasteiger partial charge < -0.3 is 14.6 Å². The lowest BCUT2D eigenvalue weighted by atomic mass is 10.1. The molecule has 2 aliphatic rings. The summed E-state index contributed by atoms with van der Waals surface area (Å²) in [7, 11) is 4.92. The van der Waals surface area contributed by atoms with E-state index in [1.807, 2.05) is 37.4 Å². The first-order chi connectivity index (χ1) is 28.1. The van der Waals surface area contributed by atoms with E-state index in [4.69, 9.17) is 33.0 Å². The van der Waals surface area contributed by atoms with E-state index in [0.717, 1.165) is 37.7 Å². The van der Waals surface area contributed by atoms with Crippen molar-refractivity contribution in [3.8, 4) is 0 Å². The number of rotatable bonds is 10. The van der Waals surface area contributed by atoms with E-state index in [1.54, 1.807) is 12.1 Å².